The van der Waals surface area contributed by atoms with Gasteiger partial charge in [0, 0.05) is 20.3 Å². The number of nitrogens with zero attached hydrogens (tertiary/aromatic N) is 4. The number of rotatable bonds is 4. The van der Waals surface area contributed by atoms with Gasteiger partial charge in [-0.15, -0.1) is 0 Å². The van der Waals surface area contributed by atoms with E-state index in [2.05, 4.69) is 9.98 Å². The molecule has 0 aliphatic carbocycles. The first-order valence-electron chi connectivity index (χ1n) is 5.78. The summed E-state index contributed by atoms with van der Waals surface area (Å²) in [6.45, 7) is -0.0446. The van der Waals surface area contributed by atoms with Crippen LogP contribution in [0.5, 0.6) is 0 Å². The van der Waals surface area contributed by atoms with Crippen molar-refractivity contribution < 1.29 is 14.6 Å². The van der Waals surface area contributed by atoms with Crippen molar-refractivity contribution in [3.05, 3.63) is 22.7 Å². The summed E-state index contributed by atoms with van der Waals surface area (Å²) in [6.07, 6.45) is 1.85. The van der Waals surface area contributed by atoms with E-state index in [0.29, 0.717) is 5.82 Å². The predicted molar refractivity (Wildman–Crippen MR) is 67.3 cm³/mol. The first kappa shape index (κ1) is 13.7. The highest BCUT2D eigenvalue weighted by Crippen LogP contribution is 2.19. The molecule has 0 aromatic carbocycles. The molecule has 8 nitrogen and oxygen atoms in total. The molecule has 1 aromatic heterocycles. The van der Waals surface area contributed by atoms with Gasteiger partial charge in [-0.2, -0.15) is 4.98 Å². The van der Waals surface area contributed by atoms with E-state index in [1.807, 2.05) is 14.1 Å². The summed E-state index contributed by atoms with van der Waals surface area (Å²) in [5.41, 5.74) is -0.472. The van der Waals surface area contributed by atoms with E-state index in [9.17, 15) is 4.79 Å². The highest BCUT2D eigenvalue weighted by Gasteiger charge is 2.27. The van der Waals surface area contributed by atoms with Crippen molar-refractivity contribution in [3.8, 4) is 0 Å². The van der Waals surface area contributed by atoms with Gasteiger partial charge in [-0.1, -0.05) is 0 Å². The molecule has 19 heavy (non-hydrogen) atoms. The molecule has 1 N–H and O–H groups in total. The number of ether oxygens (including phenoxy) is 2. The number of aliphatic hydroxyl groups is 1. The van der Waals surface area contributed by atoms with Gasteiger partial charge in [0.15, 0.2) is 18.3 Å². The fourth-order valence-corrected chi connectivity index (χ4v) is 1.55. The molecule has 1 aliphatic heterocycles. The number of aliphatic hydroxyl groups excluding tert-OH is 1. The van der Waals surface area contributed by atoms with E-state index in [-0.39, 0.29) is 13.2 Å². The lowest BCUT2D eigenvalue weighted by atomic mass is 10.5. The molecule has 1 aromatic rings. The highest BCUT2D eigenvalue weighted by atomic mass is 16.7. The molecule has 0 radical (unpaired) electrons. The molecule has 104 valence electrons. The van der Waals surface area contributed by atoms with Crippen LogP contribution in [0.3, 0.4) is 0 Å². The van der Waals surface area contributed by atoms with Crippen molar-refractivity contribution in [2.45, 2.75) is 12.5 Å². The van der Waals surface area contributed by atoms with Gasteiger partial charge >= 0.3 is 5.69 Å². The lowest BCUT2D eigenvalue weighted by Gasteiger charge is -2.11. The Balaban J connectivity index is 2.14. The largest absolute Gasteiger partial charge is 0.391 e. The summed E-state index contributed by atoms with van der Waals surface area (Å²) in [5, 5.41) is 8.89. The van der Waals surface area contributed by atoms with E-state index in [1.54, 1.807) is 23.5 Å². The Labute approximate surface area is 109 Å². The first-order valence-corrected chi connectivity index (χ1v) is 5.78. The lowest BCUT2D eigenvalue weighted by Crippen LogP contribution is -2.28. The van der Waals surface area contributed by atoms with Gasteiger partial charge in [0.05, 0.1) is 19.6 Å². The molecule has 2 rings (SSSR count). The maximum Gasteiger partial charge on any atom is 0.351 e. The average molecular weight is 268 g/mol. The van der Waals surface area contributed by atoms with Crippen LogP contribution in [-0.2, 0) is 9.47 Å². The van der Waals surface area contributed by atoms with Crippen molar-refractivity contribution in [2.24, 2.45) is 4.99 Å². The molecule has 2 atom stereocenters. The van der Waals surface area contributed by atoms with Gasteiger partial charge in [0.1, 0.15) is 0 Å². The SMILES string of the molecule is CN(C)C=Nc1ccn([C@@H]2CO[C@@H](CO)O2)c(=O)n1. The molecule has 0 bridgehead atoms. The van der Waals surface area contributed by atoms with Crippen LogP contribution in [-0.4, -0.2) is 59.5 Å². The normalized spacial score (nSPS) is 23.1. The number of hydrogen-bond donors (Lipinski definition) is 1. The molecule has 0 unspecified atom stereocenters. The molecule has 1 aliphatic rings. The summed E-state index contributed by atoms with van der Waals surface area (Å²) in [5.74, 6) is 0.326. The fraction of sp³-hybridized carbons (Fsp3) is 0.545. The van der Waals surface area contributed by atoms with Crippen molar-refractivity contribution in [2.75, 3.05) is 27.3 Å². The van der Waals surface area contributed by atoms with Crippen molar-refractivity contribution in [1.82, 2.24) is 14.5 Å². The van der Waals surface area contributed by atoms with Gasteiger partial charge in [-0.25, -0.2) is 9.79 Å². The Morgan fingerprint density at radius 2 is 2.47 bits per heavy atom. The second-order valence-electron chi connectivity index (χ2n) is 4.22. The maximum absolute atomic E-state index is 11.8. The molecule has 1 fully saturated rings. The zero-order valence-corrected chi connectivity index (χ0v) is 10.8. The summed E-state index contributed by atoms with van der Waals surface area (Å²) in [4.78, 5) is 21.4. The Morgan fingerprint density at radius 3 is 3.05 bits per heavy atom. The smallest absolute Gasteiger partial charge is 0.351 e. The van der Waals surface area contributed by atoms with Gasteiger partial charge in [-0.05, 0) is 6.07 Å². The molecule has 8 heteroatoms. The molecule has 0 saturated carbocycles. The Morgan fingerprint density at radius 1 is 1.68 bits per heavy atom. The fourth-order valence-electron chi connectivity index (χ4n) is 1.55. The predicted octanol–water partition coefficient (Wildman–Crippen LogP) is -0.671. The molecule has 2 heterocycles. The highest BCUT2D eigenvalue weighted by molar-refractivity contribution is 5.58. The minimum atomic E-state index is -0.691. The van der Waals surface area contributed by atoms with Crippen molar-refractivity contribution in [1.29, 1.82) is 0 Å². The molecular formula is C11H16N4O4. The summed E-state index contributed by atoms with van der Waals surface area (Å²) in [7, 11) is 3.65. The van der Waals surface area contributed by atoms with Crippen LogP contribution >= 0.6 is 0 Å². The zero-order valence-electron chi connectivity index (χ0n) is 10.8. The monoisotopic (exact) mass is 268 g/mol. The number of hydrogen-bond acceptors (Lipinski definition) is 6. The minimum absolute atomic E-state index is 0.202. The second-order valence-corrected chi connectivity index (χ2v) is 4.22. The molecule has 0 spiro atoms. The Kier molecular flexibility index (Phi) is 4.25. The Bertz CT molecular complexity index is 514. The van der Waals surface area contributed by atoms with Gasteiger partial charge in [-0.3, -0.25) is 4.57 Å². The van der Waals surface area contributed by atoms with E-state index >= 15 is 0 Å². The van der Waals surface area contributed by atoms with Crippen LogP contribution < -0.4 is 5.69 Å². The number of aromatic nitrogens is 2. The second kappa shape index (κ2) is 5.91. The zero-order chi connectivity index (χ0) is 13.8. The van der Waals surface area contributed by atoms with Gasteiger partial charge in [0.25, 0.3) is 0 Å². The van der Waals surface area contributed by atoms with E-state index < -0.39 is 18.2 Å². The minimum Gasteiger partial charge on any atom is -0.391 e. The summed E-state index contributed by atoms with van der Waals surface area (Å²) in [6, 6.07) is 1.61. The third-order valence-electron chi connectivity index (χ3n) is 2.43. The van der Waals surface area contributed by atoms with Gasteiger partial charge in [0.2, 0.25) is 0 Å². The van der Waals surface area contributed by atoms with Crippen LogP contribution in [0.15, 0.2) is 22.1 Å². The first-order chi connectivity index (χ1) is 9.10. The average Bonchev–Trinajstić information content (AvgIpc) is 2.85. The molecule has 0 amide bonds. The quantitative estimate of drug-likeness (QED) is 0.575. The van der Waals surface area contributed by atoms with E-state index in [4.69, 9.17) is 14.6 Å². The van der Waals surface area contributed by atoms with Crippen molar-refractivity contribution in [3.63, 3.8) is 0 Å². The third-order valence-corrected chi connectivity index (χ3v) is 2.43. The summed E-state index contributed by atoms with van der Waals surface area (Å²) >= 11 is 0. The topological polar surface area (TPSA) is 89.2 Å². The van der Waals surface area contributed by atoms with Crippen molar-refractivity contribution >= 4 is 12.2 Å². The van der Waals surface area contributed by atoms with Crippen LogP contribution in [0.4, 0.5) is 5.82 Å². The standard InChI is InChI=1S/C11H16N4O4/c1-14(2)7-12-8-3-4-15(11(17)13-8)9-6-18-10(5-16)19-9/h3-4,7,9-10,16H,5-6H2,1-2H3/t9-,10+/m0/s1. The lowest BCUT2D eigenvalue weighted by molar-refractivity contribution is -0.0992. The van der Waals surface area contributed by atoms with Crippen LogP contribution in [0, 0.1) is 0 Å². The van der Waals surface area contributed by atoms with Gasteiger partial charge < -0.3 is 19.5 Å². The van der Waals surface area contributed by atoms with Crippen LogP contribution in [0.25, 0.3) is 0 Å². The molecule has 1 saturated heterocycles. The Hall–Kier alpha value is -1.77. The third kappa shape index (κ3) is 3.37. The van der Waals surface area contributed by atoms with Crippen LogP contribution in [0.2, 0.25) is 0 Å². The number of aliphatic imine (C=N–C) groups is 1. The molecular weight excluding hydrogens is 252 g/mol. The van der Waals surface area contributed by atoms with E-state index in [0.717, 1.165) is 0 Å². The maximum atomic E-state index is 11.8. The van der Waals surface area contributed by atoms with Crippen LogP contribution in [0.1, 0.15) is 6.23 Å². The van der Waals surface area contributed by atoms with E-state index in [1.165, 1.54) is 4.57 Å². The summed E-state index contributed by atoms with van der Waals surface area (Å²) < 4.78 is 11.8.